The first-order valence-electron chi connectivity index (χ1n) is 7.01. The number of rotatable bonds is 2. The van der Waals surface area contributed by atoms with Gasteiger partial charge in [-0.1, -0.05) is 30.4 Å². The van der Waals surface area contributed by atoms with Crippen LogP contribution in [0.5, 0.6) is 0 Å². The van der Waals surface area contributed by atoms with Crippen molar-refractivity contribution in [1.29, 1.82) is 0 Å². The summed E-state index contributed by atoms with van der Waals surface area (Å²) in [6.45, 7) is 0. The van der Waals surface area contributed by atoms with Gasteiger partial charge in [-0.2, -0.15) is 8.75 Å². The molecule has 1 aliphatic heterocycles. The van der Waals surface area contributed by atoms with Crippen molar-refractivity contribution >= 4 is 46.7 Å². The first-order valence-corrected chi connectivity index (χ1v) is 7.74. The van der Waals surface area contributed by atoms with Gasteiger partial charge in [-0.15, -0.1) is 0 Å². The van der Waals surface area contributed by atoms with Gasteiger partial charge in [0.25, 0.3) is 11.8 Å². The third-order valence-corrected chi connectivity index (χ3v) is 4.43. The van der Waals surface area contributed by atoms with Crippen molar-refractivity contribution in [3.05, 3.63) is 58.7 Å². The summed E-state index contributed by atoms with van der Waals surface area (Å²) in [4.78, 5) is 25.1. The van der Waals surface area contributed by atoms with Crippen molar-refractivity contribution in [1.82, 2.24) is 13.6 Å². The summed E-state index contributed by atoms with van der Waals surface area (Å²) in [5.74, 6) is -0.509. The maximum Gasteiger partial charge on any atom is 0.261 e. The molecule has 0 atom stereocenters. The Morgan fingerprint density at radius 3 is 2.70 bits per heavy atom. The molecule has 0 aliphatic carbocycles. The zero-order chi connectivity index (χ0) is 16.0. The van der Waals surface area contributed by atoms with E-state index in [-0.39, 0.29) is 11.8 Å². The molecule has 1 aliphatic rings. The van der Waals surface area contributed by atoms with E-state index in [1.165, 1.54) is 18.8 Å². The molecule has 1 aromatic heterocycles. The Kier molecular flexibility index (Phi) is 3.06. The predicted octanol–water partition coefficient (Wildman–Crippen LogP) is 3.09. The van der Waals surface area contributed by atoms with Gasteiger partial charge in [0.05, 0.1) is 22.9 Å². The summed E-state index contributed by atoms with van der Waals surface area (Å²) in [5.41, 5.74) is 4.47. The summed E-state index contributed by atoms with van der Waals surface area (Å²) >= 11 is 1.18. The van der Waals surface area contributed by atoms with Gasteiger partial charge in [0.1, 0.15) is 11.0 Å². The monoisotopic (exact) mass is 321 g/mol. The molecule has 6 heteroatoms. The number of benzene rings is 2. The van der Waals surface area contributed by atoms with Crippen LogP contribution in [0.2, 0.25) is 0 Å². The van der Waals surface area contributed by atoms with Crippen molar-refractivity contribution in [3.63, 3.8) is 0 Å². The molecule has 2 heterocycles. The fraction of sp³-hybridized carbons (Fsp3) is 0.0588. The number of nitrogens with zero attached hydrogens (tertiary/aromatic N) is 3. The number of carbonyl (C=O) groups is 2. The third-order valence-electron chi connectivity index (χ3n) is 3.89. The predicted molar refractivity (Wildman–Crippen MR) is 89.2 cm³/mol. The van der Waals surface area contributed by atoms with Crippen LogP contribution >= 0.6 is 11.7 Å². The molecule has 0 spiro atoms. The molecule has 5 nitrogen and oxygen atoms in total. The zero-order valence-corrected chi connectivity index (χ0v) is 13.0. The lowest BCUT2D eigenvalue weighted by Gasteiger charge is -2.02. The van der Waals surface area contributed by atoms with Gasteiger partial charge in [0.15, 0.2) is 0 Å². The molecule has 0 fully saturated rings. The second-order valence-corrected chi connectivity index (χ2v) is 5.82. The Labute approximate surface area is 136 Å². The van der Waals surface area contributed by atoms with Crippen molar-refractivity contribution in [2.45, 2.75) is 0 Å². The van der Waals surface area contributed by atoms with E-state index in [1.807, 2.05) is 36.4 Å². The summed E-state index contributed by atoms with van der Waals surface area (Å²) < 4.78 is 8.51. The van der Waals surface area contributed by atoms with Gasteiger partial charge in [-0.05, 0) is 23.8 Å². The minimum Gasteiger partial charge on any atom is -0.277 e. The van der Waals surface area contributed by atoms with Crippen LogP contribution in [0.15, 0.2) is 36.4 Å². The van der Waals surface area contributed by atoms with E-state index >= 15 is 0 Å². The molecule has 0 saturated carbocycles. The van der Waals surface area contributed by atoms with Crippen molar-refractivity contribution in [2.24, 2.45) is 0 Å². The van der Waals surface area contributed by atoms with Crippen LogP contribution in [0.1, 0.15) is 31.8 Å². The van der Waals surface area contributed by atoms with E-state index in [2.05, 4.69) is 8.75 Å². The van der Waals surface area contributed by atoms with Gasteiger partial charge < -0.3 is 0 Å². The molecule has 23 heavy (non-hydrogen) atoms. The molecule has 3 aromatic rings. The van der Waals surface area contributed by atoms with Crippen molar-refractivity contribution < 1.29 is 9.59 Å². The number of hydrogen-bond donors (Lipinski definition) is 0. The Hall–Kier alpha value is -2.86. The van der Waals surface area contributed by atoms with E-state index in [0.717, 1.165) is 27.1 Å². The quantitative estimate of drug-likeness (QED) is 0.537. The average molecular weight is 321 g/mol. The molecule has 4 rings (SSSR count). The standard InChI is InChI=1S/C17H11N3O2S/c1-20-16(21)12-8-6-10(9-13(12)17(20)22)5-7-11-3-2-4-14-15(11)19-23-18-14/h2-9H,1H3. The summed E-state index contributed by atoms with van der Waals surface area (Å²) in [6.07, 6.45) is 3.85. The number of hydrogen-bond acceptors (Lipinski definition) is 5. The van der Waals surface area contributed by atoms with Gasteiger partial charge in [-0.25, -0.2) is 0 Å². The first-order chi connectivity index (χ1) is 11.1. The van der Waals surface area contributed by atoms with Crippen LogP contribution in [0.3, 0.4) is 0 Å². The molecule has 2 amide bonds. The van der Waals surface area contributed by atoms with Gasteiger partial charge in [0.2, 0.25) is 0 Å². The summed E-state index contributed by atoms with van der Waals surface area (Å²) in [6, 6.07) is 11.1. The lowest BCUT2D eigenvalue weighted by Crippen LogP contribution is -2.24. The second kappa shape index (κ2) is 5.10. The van der Waals surface area contributed by atoms with Crippen LogP contribution in [0, 0.1) is 0 Å². The Morgan fingerprint density at radius 2 is 1.83 bits per heavy atom. The van der Waals surface area contributed by atoms with Gasteiger partial charge >= 0.3 is 0 Å². The smallest absolute Gasteiger partial charge is 0.261 e. The highest BCUT2D eigenvalue weighted by Crippen LogP contribution is 2.24. The van der Waals surface area contributed by atoms with Crippen LogP contribution in [0.4, 0.5) is 0 Å². The van der Waals surface area contributed by atoms with E-state index < -0.39 is 0 Å². The molecular formula is C17H11N3O2S. The van der Waals surface area contributed by atoms with Crippen LogP contribution in [0.25, 0.3) is 23.2 Å². The second-order valence-electron chi connectivity index (χ2n) is 5.29. The lowest BCUT2D eigenvalue weighted by molar-refractivity contribution is 0.0693. The molecule has 0 saturated heterocycles. The Balaban J connectivity index is 1.72. The fourth-order valence-electron chi connectivity index (χ4n) is 2.63. The Bertz CT molecular complexity index is 990. The number of aromatic nitrogens is 2. The normalized spacial score (nSPS) is 14.2. The number of fused-ring (bicyclic) bond motifs is 2. The van der Waals surface area contributed by atoms with Gasteiger partial charge in [0, 0.05) is 12.6 Å². The summed E-state index contributed by atoms with van der Waals surface area (Å²) in [7, 11) is 1.50. The first kappa shape index (κ1) is 13.8. The highest BCUT2D eigenvalue weighted by atomic mass is 32.1. The molecule has 0 radical (unpaired) electrons. The number of carbonyl (C=O) groups excluding carboxylic acids is 2. The van der Waals surface area contributed by atoms with Crippen molar-refractivity contribution in [2.75, 3.05) is 7.05 Å². The van der Waals surface area contributed by atoms with Crippen LogP contribution in [-0.4, -0.2) is 32.5 Å². The molecule has 0 bridgehead atoms. The highest BCUT2D eigenvalue weighted by molar-refractivity contribution is 7.00. The zero-order valence-electron chi connectivity index (χ0n) is 12.2. The third kappa shape index (κ3) is 2.15. The lowest BCUT2D eigenvalue weighted by atomic mass is 10.0. The molecule has 112 valence electrons. The Morgan fingerprint density at radius 1 is 1.00 bits per heavy atom. The van der Waals surface area contributed by atoms with Crippen molar-refractivity contribution in [3.8, 4) is 0 Å². The average Bonchev–Trinajstić information content (AvgIpc) is 3.13. The topological polar surface area (TPSA) is 63.2 Å². The van der Waals surface area contributed by atoms with E-state index in [1.54, 1.807) is 12.1 Å². The molecule has 0 N–H and O–H groups in total. The maximum atomic E-state index is 12.0. The maximum absolute atomic E-state index is 12.0. The number of imide groups is 1. The highest BCUT2D eigenvalue weighted by Gasteiger charge is 2.32. The minimum atomic E-state index is -0.258. The summed E-state index contributed by atoms with van der Waals surface area (Å²) in [5, 5.41) is 0. The molecule has 0 unspecified atom stereocenters. The minimum absolute atomic E-state index is 0.251. The van der Waals surface area contributed by atoms with E-state index in [9.17, 15) is 9.59 Å². The SMILES string of the molecule is CN1C(=O)c2ccc(C=Cc3cccc4nsnc34)cc2C1=O. The van der Waals surface area contributed by atoms with E-state index in [0.29, 0.717) is 11.1 Å². The van der Waals surface area contributed by atoms with Crippen LogP contribution < -0.4 is 0 Å². The molecular weight excluding hydrogens is 310 g/mol. The van der Waals surface area contributed by atoms with E-state index in [4.69, 9.17) is 0 Å². The molecule has 2 aromatic carbocycles. The largest absolute Gasteiger partial charge is 0.277 e. The van der Waals surface area contributed by atoms with Gasteiger partial charge in [-0.3, -0.25) is 14.5 Å². The number of amides is 2. The fourth-order valence-corrected chi connectivity index (χ4v) is 3.19. The van der Waals surface area contributed by atoms with Crippen LogP contribution in [-0.2, 0) is 0 Å².